The van der Waals surface area contributed by atoms with Crippen LogP contribution in [0.15, 0.2) is 34.2 Å². The molecule has 2 aliphatic heterocycles. The predicted molar refractivity (Wildman–Crippen MR) is 56.7 cm³/mol. The van der Waals surface area contributed by atoms with Crippen LogP contribution in [0.25, 0.3) is 0 Å². The molecule has 70 valence electrons. The summed E-state index contributed by atoms with van der Waals surface area (Å²) >= 11 is 1.58. The Balaban J connectivity index is 2.17. The first-order valence-corrected chi connectivity index (χ1v) is 5.32. The molecule has 0 radical (unpaired) electrons. The highest BCUT2D eigenvalue weighted by molar-refractivity contribution is 8.14. The van der Waals surface area contributed by atoms with E-state index >= 15 is 0 Å². The SMILES string of the molecule is O=C1CCN=C2Sc3ccccc3N12. The van der Waals surface area contributed by atoms with E-state index in [-0.39, 0.29) is 5.91 Å². The smallest absolute Gasteiger partial charge is 0.235 e. The number of carbonyl (C=O) groups is 1. The van der Waals surface area contributed by atoms with Gasteiger partial charge in [-0.3, -0.25) is 14.7 Å². The van der Waals surface area contributed by atoms with E-state index in [0.717, 1.165) is 15.8 Å². The van der Waals surface area contributed by atoms with Gasteiger partial charge in [-0.25, -0.2) is 0 Å². The third-order valence-electron chi connectivity index (χ3n) is 2.32. The van der Waals surface area contributed by atoms with E-state index in [1.54, 1.807) is 16.7 Å². The Labute approximate surface area is 85.8 Å². The molecule has 0 saturated carbocycles. The number of fused-ring (bicyclic) bond motifs is 3. The summed E-state index contributed by atoms with van der Waals surface area (Å²) in [6.45, 7) is 0.631. The molecule has 0 spiro atoms. The summed E-state index contributed by atoms with van der Waals surface area (Å²) in [5.74, 6) is 0.160. The second kappa shape index (κ2) is 2.85. The van der Waals surface area contributed by atoms with Crippen LogP contribution in [0.5, 0.6) is 0 Å². The van der Waals surface area contributed by atoms with Crippen molar-refractivity contribution in [3.05, 3.63) is 24.3 Å². The predicted octanol–water partition coefficient (Wildman–Crippen LogP) is 1.89. The Hall–Kier alpha value is -1.29. The van der Waals surface area contributed by atoms with Gasteiger partial charge >= 0.3 is 0 Å². The van der Waals surface area contributed by atoms with Crippen LogP contribution in [0.3, 0.4) is 0 Å². The number of amides is 1. The molecule has 2 heterocycles. The van der Waals surface area contributed by atoms with Crippen molar-refractivity contribution < 1.29 is 4.79 Å². The number of rotatable bonds is 0. The fourth-order valence-electron chi connectivity index (χ4n) is 1.68. The molecule has 1 aromatic carbocycles. The van der Waals surface area contributed by atoms with Crippen molar-refractivity contribution in [3.8, 4) is 0 Å². The van der Waals surface area contributed by atoms with E-state index < -0.39 is 0 Å². The molecule has 0 aromatic heterocycles. The second-order valence-corrected chi connectivity index (χ2v) is 4.22. The molecule has 1 aromatic rings. The van der Waals surface area contributed by atoms with E-state index in [9.17, 15) is 4.79 Å². The number of benzene rings is 1. The number of aliphatic imine (C=N–C) groups is 1. The summed E-state index contributed by atoms with van der Waals surface area (Å²) in [5, 5.41) is 0.836. The molecule has 0 aliphatic carbocycles. The van der Waals surface area contributed by atoms with Crippen LogP contribution in [-0.4, -0.2) is 17.6 Å². The zero-order chi connectivity index (χ0) is 9.54. The number of anilines is 1. The van der Waals surface area contributed by atoms with Gasteiger partial charge in [0.15, 0.2) is 5.17 Å². The maximum atomic E-state index is 11.7. The number of hydrogen-bond donors (Lipinski definition) is 0. The highest BCUT2D eigenvalue weighted by Crippen LogP contribution is 2.41. The van der Waals surface area contributed by atoms with Crippen LogP contribution < -0.4 is 4.90 Å². The lowest BCUT2D eigenvalue weighted by Crippen LogP contribution is -2.36. The second-order valence-electron chi connectivity index (χ2n) is 3.21. The maximum absolute atomic E-state index is 11.7. The van der Waals surface area contributed by atoms with E-state index in [1.807, 2.05) is 24.3 Å². The third kappa shape index (κ3) is 1.00. The lowest BCUT2D eigenvalue weighted by atomic mass is 10.2. The van der Waals surface area contributed by atoms with Gasteiger partial charge in [0.25, 0.3) is 0 Å². The minimum absolute atomic E-state index is 0.160. The van der Waals surface area contributed by atoms with E-state index in [1.165, 1.54) is 0 Å². The monoisotopic (exact) mass is 204 g/mol. The summed E-state index contributed by atoms with van der Waals surface area (Å²) in [6.07, 6.45) is 0.526. The van der Waals surface area contributed by atoms with Crippen LogP contribution in [0, 0.1) is 0 Å². The summed E-state index contributed by atoms with van der Waals surface area (Å²) in [7, 11) is 0. The fraction of sp³-hybridized carbons (Fsp3) is 0.200. The van der Waals surface area contributed by atoms with Crippen LogP contribution in [0.2, 0.25) is 0 Å². The minimum atomic E-state index is 0.160. The first-order chi connectivity index (χ1) is 6.86. The molecule has 0 bridgehead atoms. The van der Waals surface area contributed by atoms with Gasteiger partial charge in [0.1, 0.15) is 0 Å². The first-order valence-electron chi connectivity index (χ1n) is 4.50. The fourth-order valence-corrected chi connectivity index (χ4v) is 2.73. The Morgan fingerprint density at radius 3 is 3.14 bits per heavy atom. The Bertz CT molecular complexity index is 442. The van der Waals surface area contributed by atoms with Gasteiger partial charge in [-0.15, -0.1) is 0 Å². The number of para-hydroxylation sites is 1. The van der Waals surface area contributed by atoms with Crippen molar-refractivity contribution in [2.45, 2.75) is 11.3 Å². The van der Waals surface area contributed by atoms with Crippen molar-refractivity contribution in [3.63, 3.8) is 0 Å². The van der Waals surface area contributed by atoms with Gasteiger partial charge in [0.2, 0.25) is 5.91 Å². The Morgan fingerprint density at radius 1 is 1.36 bits per heavy atom. The van der Waals surface area contributed by atoms with Crippen LogP contribution in [0.1, 0.15) is 6.42 Å². The first kappa shape index (κ1) is 8.05. The number of carbonyl (C=O) groups excluding carboxylic acids is 1. The molecule has 3 nitrogen and oxygen atoms in total. The zero-order valence-corrected chi connectivity index (χ0v) is 8.25. The van der Waals surface area contributed by atoms with Gasteiger partial charge in [-0.2, -0.15) is 0 Å². The van der Waals surface area contributed by atoms with Crippen molar-refractivity contribution in [2.75, 3.05) is 11.4 Å². The van der Waals surface area contributed by atoms with Gasteiger partial charge in [-0.1, -0.05) is 12.1 Å². The number of amidine groups is 1. The van der Waals surface area contributed by atoms with Crippen LogP contribution in [-0.2, 0) is 4.79 Å². The van der Waals surface area contributed by atoms with Gasteiger partial charge in [0.05, 0.1) is 12.2 Å². The van der Waals surface area contributed by atoms with Crippen LogP contribution in [0.4, 0.5) is 5.69 Å². The van der Waals surface area contributed by atoms with Crippen molar-refractivity contribution in [2.24, 2.45) is 4.99 Å². The molecule has 1 amide bonds. The lowest BCUT2D eigenvalue weighted by molar-refractivity contribution is -0.117. The standard InChI is InChI=1S/C10H8N2OS/c13-9-5-6-11-10-12(9)7-3-1-2-4-8(7)14-10/h1-4H,5-6H2. The number of nitrogens with zero attached hydrogens (tertiary/aromatic N) is 2. The molecule has 0 unspecified atom stereocenters. The van der Waals surface area contributed by atoms with Gasteiger partial charge in [-0.05, 0) is 23.9 Å². The highest BCUT2D eigenvalue weighted by Gasteiger charge is 2.32. The summed E-state index contributed by atoms with van der Waals surface area (Å²) in [4.78, 5) is 18.9. The molecular formula is C10H8N2OS. The lowest BCUT2D eigenvalue weighted by Gasteiger charge is -2.20. The Kier molecular flexibility index (Phi) is 1.64. The molecule has 0 N–H and O–H groups in total. The molecule has 2 aliphatic rings. The number of hydrogen-bond acceptors (Lipinski definition) is 3. The summed E-state index contributed by atoms with van der Waals surface area (Å²) < 4.78 is 0. The normalized spacial score (nSPS) is 19.0. The molecule has 3 rings (SSSR count). The molecule has 0 saturated heterocycles. The van der Waals surface area contributed by atoms with E-state index in [4.69, 9.17) is 0 Å². The summed E-state index contributed by atoms with van der Waals surface area (Å²) in [6, 6.07) is 7.92. The molecule has 0 fully saturated rings. The van der Waals surface area contributed by atoms with Crippen molar-refractivity contribution in [1.82, 2.24) is 0 Å². The van der Waals surface area contributed by atoms with Crippen molar-refractivity contribution >= 4 is 28.5 Å². The zero-order valence-electron chi connectivity index (χ0n) is 7.43. The molecule has 0 atom stereocenters. The van der Waals surface area contributed by atoms with Crippen LogP contribution >= 0.6 is 11.8 Å². The third-order valence-corrected chi connectivity index (χ3v) is 3.38. The molecule has 4 heteroatoms. The maximum Gasteiger partial charge on any atom is 0.235 e. The number of thioether (sulfide) groups is 1. The molecule has 14 heavy (non-hydrogen) atoms. The average molecular weight is 204 g/mol. The molecular weight excluding hydrogens is 196 g/mol. The Morgan fingerprint density at radius 2 is 2.21 bits per heavy atom. The average Bonchev–Trinajstić information content (AvgIpc) is 2.57. The van der Waals surface area contributed by atoms with Crippen molar-refractivity contribution in [1.29, 1.82) is 0 Å². The van der Waals surface area contributed by atoms with Gasteiger partial charge < -0.3 is 0 Å². The quantitative estimate of drug-likeness (QED) is 0.646. The van der Waals surface area contributed by atoms with E-state index in [0.29, 0.717) is 13.0 Å². The van der Waals surface area contributed by atoms with E-state index in [2.05, 4.69) is 4.99 Å². The largest absolute Gasteiger partial charge is 0.274 e. The minimum Gasteiger partial charge on any atom is -0.274 e. The topological polar surface area (TPSA) is 32.7 Å². The highest BCUT2D eigenvalue weighted by atomic mass is 32.2. The van der Waals surface area contributed by atoms with Gasteiger partial charge in [0, 0.05) is 11.3 Å². The summed E-state index contributed by atoms with van der Waals surface area (Å²) in [5.41, 5.74) is 0.987.